The molecular weight excluding hydrogens is 302 g/mol. The van der Waals surface area contributed by atoms with Gasteiger partial charge in [0.05, 0.1) is 4.90 Å². The lowest BCUT2D eigenvalue weighted by atomic mass is 9.98. The fraction of sp³-hybridized carbons (Fsp3) is 0.375. The van der Waals surface area contributed by atoms with E-state index in [0.29, 0.717) is 0 Å². The first-order valence-corrected chi connectivity index (χ1v) is 8.71. The first-order chi connectivity index (χ1) is 10.6. The van der Waals surface area contributed by atoms with Crippen molar-refractivity contribution in [2.45, 2.75) is 4.90 Å². The third-order valence-corrected chi connectivity index (χ3v) is 6.20. The Bertz CT molecular complexity index is 763. The second kappa shape index (κ2) is 5.96. The van der Waals surface area contributed by atoms with Crippen LogP contribution in [0.5, 0.6) is 0 Å². The van der Waals surface area contributed by atoms with Gasteiger partial charge in [-0.3, -0.25) is 0 Å². The molecule has 0 aromatic heterocycles. The van der Waals surface area contributed by atoms with E-state index in [1.54, 1.807) is 18.2 Å². The predicted molar refractivity (Wildman–Crippen MR) is 83.9 cm³/mol. The lowest BCUT2D eigenvalue weighted by Crippen LogP contribution is -2.29. The van der Waals surface area contributed by atoms with E-state index in [1.807, 2.05) is 24.3 Å². The van der Waals surface area contributed by atoms with Crippen molar-refractivity contribution in [2.24, 2.45) is 11.8 Å². The highest BCUT2D eigenvalue weighted by molar-refractivity contribution is 7.89. The monoisotopic (exact) mass is 321 g/mol. The zero-order chi connectivity index (χ0) is 15.7. The molecule has 2 atom stereocenters. The summed E-state index contributed by atoms with van der Waals surface area (Å²) in [4.78, 5) is 0.251. The van der Waals surface area contributed by atoms with E-state index in [2.05, 4.69) is 0 Å². The standard InChI is InChI=1S/C16H19NO4S/c18-10-14-8-17(9-15(14)11-19)22(20,21)16-6-5-12-3-1-2-4-13(12)7-16/h1-7,14-15,18-19H,8-11H2. The van der Waals surface area contributed by atoms with Gasteiger partial charge in [0.25, 0.3) is 0 Å². The highest BCUT2D eigenvalue weighted by atomic mass is 32.2. The van der Waals surface area contributed by atoms with Crippen molar-refractivity contribution >= 4 is 20.8 Å². The van der Waals surface area contributed by atoms with Crippen LogP contribution in [0.2, 0.25) is 0 Å². The quantitative estimate of drug-likeness (QED) is 0.883. The van der Waals surface area contributed by atoms with E-state index in [4.69, 9.17) is 0 Å². The maximum Gasteiger partial charge on any atom is 0.243 e. The second-order valence-corrected chi connectivity index (χ2v) is 7.65. The first kappa shape index (κ1) is 15.4. The fourth-order valence-electron chi connectivity index (χ4n) is 2.98. The Kier molecular flexibility index (Phi) is 4.18. The molecule has 0 amide bonds. The summed E-state index contributed by atoms with van der Waals surface area (Å²) in [5.74, 6) is -0.416. The van der Waals surface area contributed by atoms with Crippen molar-refractivity contribution in [2.75, 3.05) is 26.3 Å². The van der Waals surface area contributed by atoms with E-state index in [-0.39, 0.29) is 43.0 Å². The van der Waals surface area contributed by atoms with E-state index >= 15 is 0 Å². The fourth-order valence-corrected chi connectivity index (χ4v) is 4.57. The number of hydrogen-bond donors (Lipinski definition) is 2. The van der Waals surface area contributed by atoms with Crippen molar-refractivity contribution in [3.63, 3.8) is 0 Å². The maximum atomic E-state index is 12.8. The third-order valence-electron chi connectivity index (χ3n) is 4.37. The molecule has 6 heteroatoms. The summed E-state index contributed by atoms with van der Waals surface area (Å²) < 4.78 is 26.9. The van der Waals surface area contributed by atoms with Gasteiger partial charge in [-0.1, -0.05) is 30.3 Å². The number of nitrogens with zero attached hydrogens (tertiary/aromatic N) is 1. The normalized spacial score (nSPS) is 23.2. The Morgan fingerprint density at radius 3 is 2.14 bits per heavy atom. The number of benzene rings is 2. The minimum Gasteiger partial charge on any atom is -0.396 e. The van der Waals surface area contributed by atoms with Crippen LogP contribution in [0, 0.1) is 11.8 Å². The summed E-state index contributed by atoms with van der Waals surface area (Å²) in [7, 11) is -3.61. The summed E-state index contributed by atoms with van der Waals surface area (Å²) in [6, 6.07) is 12.7. The summed E-state index contributed by atoms with van der Waals surface area (Å²) in [6.45, 7) is 0.262. The molecule has 1 aliphatic rings. The van der Waals surface area contributed by atoms with Crippen LogP contribution < -0.4 is 0 Å². The van der Waals surface area contributed by atoms with Gasteiger partial charge in [0.2, 0.25) is 10.0 Å². The predicted octanol–water partition coefficient (Wildman–Crippen LogP) is 1.06. The second-order valence-electron chi connectivity index (χ2n) is 5.72. The molecular formula is C16H19NO4S. The molecule has 0 aliphatic carbocycles. The Morgan fingerprint density at radius 1 is 0.955 bits per heavy atom. The lowest BCUT2D eigenvalue weighted by molar-refractivity contribution is 0.152. The molecule has 5 nitrogen and oxygen atoms in total. The average Bonchev–Trinajstić information content (AvgIpc) is 2.98. The van der Waals surface area contributed by atoms with E-state index < -0.39 is 10.0 Å². The van der Waals surface area contributed by atoms with Crippen molar-refractivity contribution < 1.29 is 18.6 Å². The maximum absolute atomic E-state index is 12.8. The van der Waals surface area contributed by atoms with Crippen molar-refractivity contribution in [1.29, 1.82) is 0 Å². The van der Waals surface area contributed by atoms with Crippen LogP contribution in [0.3, 0.4) is 0 Å². The Morgan fingerprint density at radius 2 is 1.55 bits per heavy atom. The van der Waals surface area contributed by atoms with Crippen LogP contribution in [-0.4, -0.2) is 49.2 Å². The number of sulfonamides is 1. The molecule has 0 spiro atoms. The van der Waals surface area contributed by atoms with Crippen LogP contribution in [0.4, 0.5) is 0 Å². The molecule has 2 unspecified atom stereocenters. The van der Waals surface area contributed by atoms with Gasteiger partial charge < -0.3 is 10.2 Å². The van der Waals surface area contributed by atoms with Crippen LogP contribution in [0.15, 0.2) is 47.4 Å². The van der Waals surface area contributed by atoms with Crippen LogP contribution in [-0.2, 0) is 10.0 Å². The van der Waals surface area contributed by atoms with Crippen molar-refractivity contribution in [3.8, 4) is 0 Å². The molecule has 1 heterocycles. The van der Waals surface area contributed by atoms with Crippen LogP contribution in [0.1, 0.15) is 0 Å². The first-order valence-electron chi connectivity index (χ1n) is 7.27. The molecule has 1 saturated heterocycles. The van der Waals surface area contributed by atoms with Gasteiger partial charge in [0.15, 0.2) is 0 Å². The van der Waals surface area contributed by atoms with Gasteiger partial charge >= 0.3 is 0 Å². The smallest absolute Gasteiger partial charge is 0.243 e. The zero-order valence-electron chi connectivity index (χ0n) is 12.1. The molecule has 1 aliphatic heterocycles. The molecule has 0 radical (unpaired) electrons. The van der Waals surface area contributed by atoms with E-state index in [0.717, 1.165) is 10.8 Å². The Balaban J connectivity index is 1.95. The van der Waals surface area contributed by atoms with Gasteiger partial charge in [-0.05, 0) is 22.9 Å². The minimum atomic E-state index is -3.61. The van der Waals surface area contributed by atoms with Crippen LogP contribution >= 0.6 is 0 Å². The molecule has 2 aromatic carbocycles. The molecule has 2 aromatic rings. The van der Waals surface area contributed by atoms with Gasteiger partial charge in [-0.25, -0.2) is 8.42 Å². The molecule has 3 rings (SSSR count). The summed E-state index contributed by atoms with van der Waals surface area (Å²) >= 11 is 0. The third kappa shape index (κ3) is 2.63. The van der Waals surface area contributed by atoms with Gasteiger partial charge in [-0.2, -0.15) is 4.31 Å². The molecule has 22 heavy (non-hydrogen) atoms. The molecule has 0 bridgehead atoms. The number of rotatable bonds is 4. The lowest BCUT2D eigenvalue weighted by Gasteiger charge is -2.16. The van der Waals surface area contributed by atoms with E-state index in [9.17, 15) is 18.6 Å². The van der Waals surface area contributed by atoms with Gasteiger partial charge in [-0.15, -0.1) is 0 Å². The Hall–Kier alpha value is -1.47. The van der Waals surface area contributed by atoms with E-state index in [1.165, 1.54) is 4.31 Å². The SMILES string of the molecule is O=S(=O)(c1ccc2ccccc2c1)N1CC(CO)C(CO)C1. The van der Waals surface area contributed by atoms with Crippen LogP contribution in [0.25, 0.3) is 10.8 Å². The van der Waals surface area contributed by atoms with Gasteiger partial charge in [0.1, 0.15) is 0 Å². The summed E-state index contributed by atoms with van der Waals surface area (Å²) in [6.07, 6.45) is 0. The average molecular weight is 321 g/mol. The highest BCUT2D eigenvalue weighted by Crippen LogP contribution is 2.29. The molecule has 1 fully saturated rings. The molecule has 0 saturated carbocycles. The summed E-state index contributed by atoms with van der Waals surface area (Å²) in [5, 5.41) is 20.5. The largest absolute Gasteiger partial charge is 0.396 e. The van der Waals surface area contributed by atoms with Gasteiger partial charge in [0, 0.05) is 38.1 Å². The summed E-state index contributed by atoms with van der Waals surface area (Å²) in [5.41, 5.74) is 0. The topological polar surface area (TPSA) is 77.8 Å². The Labute approximate surface area is 129 Å². The zero-order valence-corrected chi connectivity index (χ0v) is 12.9. The minimum absolute atomic E-state index is 0.116. The number of hydrogen-bond acceptors (Lipinski definition) is 4. The number of aliphatic hydroxyl groups is 2. The van der Waals surface area contributed by atoms with Crippen molar-refractivity contribution in [3.05, 3.63) is 42.5 Å². The number of aliphatic hydroxyl groups excluding tert-OH is 2. The molecule has 2 N–H and O–H groups in total. The number of fused-ring (bicyclic) bond motifs is 1. The molecule has 118 valence electrons. The highest BCUT2D eigenvalue weighted by Gasteiger charge is 2.38. The van der Waals surface area contributed by atoms with Crippen molar-refractivity contribution in [1.82, 2.24) is 4.31 Å².